The summed E-state index contributed by atoms with van der Waals surface area (Å²) >= 11 is 5.31. The maximum absolute atomic E-state index is 6.64. The van der Waals surface area contributed by atoms with Crippen LogP contribution < -0.4 is 11.1 Å². The van der Waals surface area contributed by atoms with E-state index in [0.29, 0.717) is 26.4 Å². The van der Waals surface area contributed by atoms with E-state index < -0.39 is 30.6 Å². The van der Waals surface area contributed by atoms with Gasteiger partial charge >= 0.3 is 0 Å². The van der Waals surface area contributed by atoms with Gasteiger partial charge in [0.2, 0.25) is 0 Å². The second kappa shape index (κ2) is 16.3. The number of nitrogens with two attached hydrogens (primary N) is 1. The van der Waals surface area contributed by atoms with E-state index in [4.69, 9.17) is 41.6 Å². The lowest BCUT2D eigenvalue weighted by Gasteiger charge is -2.46. The van der Waals surface area contributed by atoms with Gasteiger partial charge in [-0.2, -0.15) is 0 Å². The van der Waals surface area contributed by atoms with E-state index in [-0.39, 0.29) is 11.7 Å². The Bertz CT molecular complexity index is 1360. The highest BCUT2D eigenvalue weighted by atomic mass is 32.1. The first kappa shape index (κ1) is 30.8. The summed E-state index contributed by atoms with van der Waals surface area (Å²) in [5.74, 6) is 0. The fourth-order valence-electron chi connectivity index (χ4n) is 5.05. The first-order chi connectivity index (χ1) is 21.2. The quantitative estimate of drug-likeness (QED) is 0.184. The third kappa shape index (κ3) is 9.43. The second-order valence-electron chi connectivity index (χ2n) is 10.4. The van der Waals surface area contributed by atoms with E-state index in [1.54, 1.807) is 0 Å². The van der Waals surface area contributed by atoms with Crippen LogP contribution in [0.3, 0.4) is 0 Å². The average molecular weight is 599 g/mol. The van der Waals surface area contributed by atoms with Crippen LogP contribution in [-0.4, -0.2) is 42.4 Å². The highest BCUT2D eigenvalue weighted by Crippen LogP contribution is 2.30. The molecule has 4 aromatic rings. The summed E-state index contributed by atoms with van der Waals surface area (Å²) in [5, 5.41) is 3.32. The number of thiocarbonyl (C=S) groups is 1. The Balaban J connectivity index is 1.41. The van der Waals surface area contributed by atoms with Gasteiger partial charge < -0.3 is 34.7 Å². The van der Waals surface area contributed by atoms with Crippen molar-refractivity contribution in [1.82, 2.24) is 5.32 Å². The molecule has 0 unspecified atom stereocenters. The summed E-state index contributed by atoms with van der Waals surface area (Å²) in [7, 11) is 0. The number of hydrogen-bond donors (Lipinski definition) is 2. The summed E-state index contributed by atoms with van der Waals surface area (Å²) < 4.78 is 32.4. The van der Waals surface area contributed by atoms with Crippen LogP contribution in [0.25, 0.3) is 0 Å². The molecule has 1 heterocycles. The molecule has 224 valence electrons. The predicted octanol–water partition coefficient (Wildman–Crippen LogP) is 5.52. The van der Waals surface area contributed by atoms with Gasteiger partial charge in [0, 0.05) is 0 Å². The minimum atomic E-state index is -0.746. The van der Waals surface area contributed by atoms with Gasteiger partial charge in [0.25, 0.3) is 0 Å². The van der Waals surface area contributed by atoms with Crippen molar-refractivity contribution in [2.24, 2.45) is 5.73 Å². The van der Waals surface area contributed by atoms with E-state index >= 15 is 0 Å². The van der Waals surface area contributed by atoms with Gasteiger partial charge in [-0.3, -0.25) is 0 Å². The van der Waals surface area contributed by atoms with E-state index in [1.165, 1.54) is 0 Å². The SMILES string of the molecule is NC(=S)N[C@H]1[C@H](OCc2ccccc2)O[C@H](COCc2ccccc2)[C@@H](OCc2ccccc2)[C@@H]1OCc1ccccc1. The van der Waals surface area contributed by atoms with Crippen molar-refractivity contribution in [3.8, 4) is 0 Å². The number of ether oxygens (including phenoxy) is 5. The summed E-state index contributed by atoms with van der Waals surface area (Å²) in [6.45, 7) is 1.76. The summed E-state index contributed by atoms with van der Waals surface area (Å²) in [6, 6.07) is 39.5. The molecule has 5 rings (SSSR count). The predicted molar refractivity (Wildman–Crippen MR) is 170 cm³/mol. The van der Waals surface area contributed by atoms with Crippen LogP contribution in [0.15, 0.2) is 121 Å². The van der Waals surface area contributed by atoms with Gasteiger partial charge in [0.05, 0.1) is 33.0 Å². The maximum Gasteiger partial charge on any atom is 0.181 e. The third-order valence-corrected chi connectivity index (χ3v) is 7.29. The van der Waals surface area contributed by atoms with Crippen LogP contribution >= 0.6 is 12.2 Å². The zero-order valence-electron chi connectivity index (χ0n) is 24.0. The highest BCUT2D eigenvalue weighted by Gasteiger charge is 2.48. The minimum absolute atomic E-state index is 0.121. The Morgan fingerprint density at radius 2 is 1.02 bits per heavy atom. The number of nitrogens with one attached hydrogen (secondary N) is 1. The Morgan fingerprint density at radius 1 is 0.605 bits per heavy atom. The van der Waals surface area contributed by atoms with Crippen molar-refractivity contribution in [2.45, 2.75) is 57.1 Å². The van der Waals surface area contributed by atoms with Crippen LogP contribution in [0.4, 0.5) is 0 Å². The van der Waals surface area contributed by atoms with Crippen LogP contribution in [0.1, 0.15) is 22.3 Å². The molecular weight excluding hydrogens is 560 g/mol. The Labute approximate surface area is 258 Å². The average Bonchev–Trinajstić information content (AvgIpc) is 3.05. The molecule has 0 spiro atoms. The van der Waals surface area contributed by atoms with Gasteiger partial charge in [-0.25, -0.2) is 0 Å². The number of hydrogen-bond acceptors (Lipinski definition) is 6. The molecule has 0 radical (unpaired) electrons. The molecule has 1 aliphatic rings. The van der Waals surface area contributed by atoms with Crippen LogP contribution in [0.5, 0.6) is 0 Å². The van der Waals surface area contributed by atoms with Gasteiger partial charge in [-0.1, -0.05) is 121 Å². The Hall–Kier alpha value is -3.63. The zero-order valence-corrected chi connectivity index (χ0v) is 24.8. The van der Waals surface area contributed by atoms with E-state index in [0.717, 1.165) is 22.3 Å². The molecule has 1 aliphatic heterocycles. The molecule has 0 aliphatic carbocycles. The lowest BCUT2D eigenvalue weighted by Crippen LogP contribution is -2.66. The number of benzene rings is 4. The zero-order chi connectivity index (χ0) is 29.7. The van der Waals surface area contributed by atoms with Gasteiger partial charge in [0.15, 0.2) is 11.4 Å². The molecule has 7 nitrogen and oxygen atoms in total. The van der Waals surface area contributed by atoms with Gasteiger partial charge in [0.1, 0.15) is 24.4 Å². The van der Waals surface area contributed by atoms with Crippen molar-refractivity contribution >= 4 is 17.3 Å². The topological polar surface area (TPSA) is 84.2 Å². The van der Waals surface area contributed by atoms with Crippen LogP contribution in [-0.2, 0) is 50.1 Å². The third-order valence-electron chi connectivity index (χ3n) is 7.18. The highest BCUT2D eigenvalue weighted by molar-refractivity contribution is 7.80. The Morgan fingerprint density at radius 3 is 1.49 bits per heavy atom. The molecule has 0 amide bonds. The molecule has 0 bridgehead atoms. The maximum atomic E-state index is 6.64. The lowest BCUT2D eigenvalue weighted by atomic mass is 9.96. The molecule has 4 aromatic carbocycles. The van der Waals surface area contributed by atoms with Gasteiger partial charge in [-0.15, -0.1) is 0 Å². The summed E-state index contributed by atoms with van der Waals surface area (Å²) in [4.78, 5) is 0. The molecule has 1 saturated heterocycles. The smallest absolute Gasteiger partial charge is 0.181 e. The molecule has 1 fully saturated rings. The largest absolute Gasteiger partial charge is 0.376 e. The van der Waals surface area contributed by atoms with Gasteiger partial charge in [-0.05, 0) is 34.5 Å². The van der Waals surface area contributed by atoms with Crippen molar-refractivity contribution in [3.05, 3.63) is 144 Å². The monoisotopic (exact) mass is 598 g/mol. The molecule has 0 aromatic heterocycles. The summed E-state index contributed by atoms with van der Waals surface area (Å²) in [5.41, 5.74) is 10.2. The van der Waals surface area contributed by atoms with E-state index in [1.807, 2.05) is 121 Å². The van der Waals surface area contributed by atoms with Crippen molar-refractivity contribution in [1.29, 1.82) is 0 Å². The fourth-order valence-corrected chi connectivity index (χ4v) is 5.19. The van der Waals surface area contributed by atoms with Crippen LogP contribution in [0.2, 0.25) is 0 Å². The molecule has 5 atom stereocenters. The van der Waals surface area contributed by atoms with Crippen molar-refractivity contribution in [3.63, 3.8) is 0 Å². The molecule has 43 heavy (non-hydrogen) atoms. The van der Waals surface area contributed by atoms with Crippen LogP contribution in [0, 0.1) is 0 Å². The standard InChI is InChI=1S/C35H38N2O5S/c36-35(43)37-31-33(40-23-28-17-9-3-10-18-28)32(39-22-27-15-7-2-8-16-27)30(25-38-21-26-13-5-1-6-14-26)42-34(31)41-24-29-19-11-4-12-20-29/h1-20,30-34H,21-25H2,(H3,36,37,43)/t30-,31-,32-,33-,34-/m1/s1. The molecule has 3 N–H and O–H groups in total. The minimum Gasteiger partial charge on any atom is -0.376 e. The fraction of sp³-hybridized carbons (Fsp3) is 0.286. The van der Waals surface area contributed by atoms with E-state index in [9.17, 15) is 0 Å². The van der Waals surface area contributed by atoms with Crippen molar-refractivity contribution < 1.29 is 23.7 Å². The molecule has 0 saturated carbocycles. The van der Waals surface area contributed by atoms with Crippen molar-refractivity contribution in [2.75, 3.05) is 6.61 Å². The Kier molecular flexibility index (Phi) is 11.7. The van der Waals surface area contributed by atoms with E-state index in [2.05, 4.69) is 5.32 Å². The lowest BCUT2D eigenvalue weighted by molar-refractivity contribution is -0.292. The number of rotatable bonds is 14. The first-order valence-electron chi connectivity index (χ1n) is 14.5. The first-order valence-corrected chi connectivity index (χ1v) is 14.9. The normalized spacial score (nSPS) is 21.7. The second-order valence-corrected chi connectivity index (χ2v) is 10.8. The summed E-state index contributed by atoms with van der Waals surface area (Å²) in [6.07, 6.45) is -2.31. The molecular formula is C35H38N2O5S. The molecule has 8 heteroatoms.